The summed E-state index contributed by atoms with van der Waals surface area (Å²) >= 11 is 0. The zero-order valence-electron chi connectivity index (χ0n) is 14.0. The fraction of sp³-hybridized carbons (Fsp3) is 0.300. The third-order valence-corrected chi connectivity index (χ3v) is 3.37. The number of benzene rings is 2. The zero-order valence-corrected chi connectivity index (χ0v) is 14.0. The molecule has 0 aliphatic carbocycles. The van der Waals surface area contributed by atoms with E-state index in [1.807, 2.05) is 36.4 Å². The summed E-state index contributed by atoms with van der Waals surface area (Å²) < 4.78 is 16.7. The Bertz CT molecular complexity index is 629. The maximum Gasteiger partial charge on any atom is 0.188 e. The number of allylic oxidation sites excluding steroid dienone is 2. The Morgan fingerprint density at radius 1 is 0.913 bits per heavy atom. The van der Waals surface area contributed by atoms with Crippen LogP contribution in [0.2, 0.25) is 0 Å². The molecular weight excluding hydrogens is 288 g/mol. The Balaban J connectivity index is 2.20. The lowest BCUT2D eigenvalue weighted by atomic mass is 10.1. The summed E-state index contributed by atoms with van der Waals surface area (Å²) in [6.45, 7) is 4.94. The Labute approximate surface area is 138 Å². The van der Waals surface area contributed by atoms with Gasteiger partial charge >= 0.3 is 0 Å². The van der Waals surface area contributed by atoms with E-state index in [1.165, 1.54) is 5.57 Å². The predicted molar refractivity (Wildman–Crippen MR) is 92.9 cm³/mol. The van der Waals surface area contributed by atoms with Crippen LogP contribution in [0.25, 0.3) is 0 Å². The molecule has 0 saturated heterocycles. The summed E-state index contributed by atoms with van der Waals surface area (Å²) in [4.78, 5) is 0. The van der Waals surface area contributed by atoms with Crippen LogP contribution in [0.3, 0.4) is 0 Å². The van der Waals surface area contributed by atoms with E-state index in [0.717, 1.165) is 29.0 Å². The van der Waals surface area contributed by atoms with Gasteiger partial charge in [-0.15, -0.1) is 0 Å². The summed E-state index contributed by atoms with van der Waals surface area (Å²) in [5.74, 6) is 1.65. The topological polar surface area (TPSA) is 27.7 Å². The fourth-order valence-electron chi connectivity index (χ4n) is 2.18. The van der Waals surface area contributed by atoms with Crippen molar-refractivity contribution in [3.05, 3.63) is 71.3 Å². The summed E-state index contributed by atoms with van der Waals surface area (Å²) in [6, 6.07) is 16.0. The lowest BCUT2D eigenvalue weighted by molar-refractivity contribution is 0.0502. The van der Waals surface area contributed by atoms with E-state index in [2.05, 4.69) is 32.1 Å². The number of ether oxygens (including phenoxy) is 3. The highest BCUT2D eigenvalue weighted by Crippen LogP contribution is 2.30. The molecule has 0 aromatic heterocycles. The summed E-state index contributed by atoms with van der Waals surface area (Å²) in [6.07, 6.45) is 2.94. The summed E-state index contributed by atoms with van der Waals surface area (Å²) in [7, 11) is 1.62. The van der Waals surface area contributed by atoms with Crippen LogP contribution < -0.4 is 9.47 Å². The third-order valence-electron chi connectivity index (χ3n) is 3.37. The number of methoxy groups -OCH3 is 1. The van der Waals surface area contributed by atoms with Gasteiger partial charge in [0.05, 0.1) is 0 Å². The van der Waals surface area contributed by atoms with E-state index in [0.29, 0.717) is 6.61 Å². The van der Waals surface area contributed by atoms with Gasteiger partial charge in [-0.25, -0.2) is 0 Å². The number of rotatable bonds is 8. The largest absolute Gasteiger partial charge is 0.488 e. The van der Waals surface area contributed by atoms with E-state index < -0.39 is 0 Å². The molecule has 0 unspecified atom stereocenters. The lowest BCUT2D eigenvalue weighted by Crippen LogP contribution is -2.04. The first kappa shape index (κ1) is 17.1. The Morgan fingerprint density at radius 3 is 2.26 bits per heavy atom. The SMILES string of the molecule is COCOc1cccc(OCc2ccccc2)c1CC=C(C)C. The summed E-state index contributed by atoms with van der Waals surface area (Å²) in [5.41, 5.74) is 3.45. The first-order valence-electron chi connectivity index (χ1n) is 7.74. The Morgan fingerprint density at radius 2 is 1.61 bits per heavy atom. The van der Waals surface area contributed by atoms with Gasteiger partial charge in [-0.2, -0.15) is 0 Å². The van der Waals surface area contributed by atoms with Crippen LogP contribution in [0.4, 0.5) is 0 Å². The average molecular weight is 312 g/mol. The maximum atomic E-state index is 6.03. The Kier molecular flexibility index (Phi) is 6.70. The molecule has 0 atom stereocenters. The minimum atomic E-state index is 0.226. The highest BCUT2D eigenvalue weighted by atomic mass is 16.7. The highest BCUT2D eigenvalue weighted by Gasteiger charge is 2.10. The molecule has 0 aliphatic rings. The van der Waals surface area contributed by atoms with Crippen LogP contribution >= 0.6 is 0 Å². The van der Waals surface area contributed by atoms with Gasteiger partial charge in [0, 0.05) is 12.7 Å². The van der Waals surface area contributed by atoms with Crippen molar-refractivity contribution in [3.63, 3.8) is 0 Å². The third kappa shape index (κ3) is 5.46. The molecule has 0 N–H and O–H groups in total. The molecule has 2 aromatic rings. The van der Waals surface area contributed by atoms with E-state index >= 15 is 0 Å². The number of hydrogen-bond acceptors (Lipinski definition) is 3. The molecule has 3 heteroatoms. The minimum Gasteiger partial charge on any atom is -0.488 e. The molecule has 2 aromatic carbocycles. The van der Waals surface area contributed by atoms with Gasteiger partial charge in [-0.3, -0.25) is 0 Å². The van der Waals surface area contributed by atoms with Crippen molar-refractivity contribution in [2.24, 2.45) is 0 Å². The van der Waals surface area contributed by atoms with Crippen molar-refractivity contribution < 1.29 is 14.2 Å². The van der Waals surface area contributed by atoms with Crippen molar-refractivity contribution in [3.8, 4) is 11.5 Å². The molecule has 3 nitrogen and oxygen atoms in total. The normalized spacial score (nSPS) is 10.2. The van der Waals surface area contributed by atoms with Crippen LogP contribution in [0.15, 0.2) is 60.2 Å². The van der Waals surface area contributed by atoms with Crippen LogP contribution in [-0.4, -0.2) is 13.9 Å². The van der Waals surface area contributed by atoms with Gasteiger partial charge in [0.2, 0.25) is 0 Å². The monoisotopic (exact) mass is 312 g/mol. The molecule has 23 heavy (non-hydrogen) atoms. The second-order valence-electron chi connectivity index (χ2n) is 5.54. The first-order valence-corrected chi connectivity index (χ1v) is 7.74. The molecule has 0 bridgehead atoms. The molecule has 2 rings (SSSR count). The molecule has 0 amide bonds. The molecule has 0 spiro atoms. The van der Waals surface area contributed by atoms with E-state index in [1.54, 1.807) is 7.11 Å². The van der Waals surface area contributed by atoms with Crippen LogP contribution in [-0.2, 0) is 17.8 Å². The van der Waals surface area contributed by atoms with Gasteiger partial charge in [0.15, 0.2) is 6.79 Å². The van der Waals surface area contributed by atoms with Gasteiger partial charge in [-0.1, -0.05) is 48.0 Å². The molecule has 0 saturated carbocycles. The van der Waals surface area contributed by atoms with E-state index in [9.17, 15) is 0 Å². The molecule has 0 aliphatic heterocycles. The standard InChI is InChI=1S/C20H24O3/c1-16(2)12-13-18-19(10-7-11-20(18)23-15-21-3)22-14-17-8-5-4-6-9-17/h4-12H,13-15H2,1-3H3. The molecule has 0 heterocycles. The van der Waals surface area contributed by atoms with Crippen molar-refractivity contribution in [1.82, 2.24) is 0 Å². The van der Waals surface area contributed by atoms with Gasteiger partial charge in [0.25, 0.3) is 0 Å². The highest BCUT2D eigenvalue weighted by molar-refractivity contribution is 5.46. The van der Waals surface area contributed by atoms with Crippen molar-refractivity contribution in [2.75, 3.05) is 13.9 Å². The molecule has 122 valence electrons. The maximum absolute atomic E-state index is 6.03. The van der Waals surface area contributed by atoms with Crippen molar-refractivity contribution in [1.29, 1.82) is 0 Å². The van der Waals surface area contributed by atoms with Gasteiger partial charge in [0.1, 0.15) is 18.1 Å². The molecule has 0 fully saturated rings. The first-order chi connectivity index (χ1) is 11.2. The predicted octanol–water partition coefficient (Wildman–Crippen LogP) is 4.76. The van der Waals surface area contributed by atoms with Gasteiger partial charge in [-0.05, 0) is 38.0 Å². The quantitative estimate of drug-likeness (QED) is 0.520. The van der Waals surface area contributed by atoms with Crippen LogP contribution in [0, 0.1) is 0 Å². The smallest absolute Gasteiger partial charge is 0.188 e. The zero-order chi connectivity index (χ0) is 16.5. The van der Waals surface area contributed by atoms with E-state index in [4.69, 9.17) is 14.2 Å². The second-order valence-corrected chi connectivity index (χ2v) is 5.54. The second kappa shape index (κ2) is 9.01. The molecule has 0 radical (unpaired) electrons. The van der Waals surface area contributed by atoms with Crippen LogP contribution in [0.1, 0.15) is 25.0 Å². The Hall–Kier alpha value is -2.26. The number of hydrogen-bond donors (Lipinski definition) is 0. The average Bonchev–Trinajstić information content (AvgIpc) is 2.57. The van der Waals surface area contributed by atoms with Crippen molar-refractivity contribution in [2.45, 2.75) is 26.9 Å². The van der Waals surface area contributed by atoms with E-state index in [-0.39, 0.29) is 6.79 Å². The molecular formula is C20H24O3. The lowest BCUT2D eigenvalue weighted by Gasteiger charge is -2.15. The van der Waals surface area contributed by atoms with Crippen LogP contribution in [0.5, 0.6) is 11.5 Å². The minimum absolute atomic E-state index is 0.226. The van der Waals surface area contributed by atoms with Crippen molar-refractivity contribution >= 4 is 0 Å². The fourth-order valence-corrected chi connectivity index (χ4v) is 2.18. The van der Waals surface area contributed by atoms with Gasteiger partial charge < -0.3 is 14.2 Å². The summed E-state index contributed by atoms with van der Waals surface area (Å²) in [5, 5.41) is 0.